The Morgan fingerprint density at radius 3 is 2.73 bits per heavy atom. The van der Waals surface area contributed by atoms with Crippen molar-refractivity contribution in [3.8, 4) is 11.5 Å². The fourth-order valence-electron chi connectivity index (χ4n) is 3.73. The van der Waals surface area contributed by atoms with Crippen molar-refractivity contribution >= 4 is 35.1 Å². The third-order valence-electron chi connectivity index (χ3n) is 5.15. The number of rotatable bonds is 7. The molecular formula is C24H24ClN3O4S. The molecule has 2 N–H and O–H groups in total. The first kappa shape index (κ1) is 23.2. The number of aromatic nitrogens is 2. The topological polar surface area (TPSA) is 93.3 Å². The highest BCUT2D eigenvalue weighted by Gasteiger charge is 2.31. The number of amides is 1. The molecule has 3 aromatic rings. The van der Waals surface area contributed by atoms with Crippen LogP contribution in [0.1, 0.15) is 42.9 Å². The van der Waals surface area contributed by atoms with E-state index in [9.17, 15) is 9.59 Å². The van der Waals surface area contributed by atoms with E-state index in [0.717, 1.165) is 11.1 Å². The lowest BCUT2D eigenvalue weighted by molar-refractivity contribution is -0.116. The standard InChI is InChI=1S/C24H24ClN3O4S/c1-13(2)32-18-8-7-15(10-19(18)31-3)17-11-20(29)26-22-21(17)23(30)28-24(27-22)33-12-14-5-4-6-16(25)9-14/h4-10,13,17H,11-12H2,1-3H3,(H2,26,27,28,29,30)/t17-/m1/s1. The molecule has 0 saturated carbocycles. The number of fused-ring (bicyclic) bond motifs is 1. The van der Waals surface area contributed by atoms with Crippen molar-refractivity contribution in [3.63, 3.8) is 0 Å². The van der Waals surface area contributed by atoms with E-state index in [1.807, 2.05) is 44.2 Å². The molecule has 0 saturated heterocycles. The average Bonchev–Trinajstić information content (AvgIpc) is 2.77. The van der Waals surface area contributed by atoms with Gasteiger partial charge in [0.25, 0.3) is 5.56 Å². The summed E-state index contributed by atoms with van der Waals surface area (Å²) < 4.78 is 11.3. The molecule has 0 fully saturated rings. The summed E-state index contributed by atoms with van der Waals surface area (Å²) in [5.41, 5.74) is 1.94. The highest BCUT2D eigenvalue weighted by atomic mass is 35.5. The number of nitrogens with one attached hydrogen (secondary N) is 2. The van der Waals surface area contributed by atoms with Gasteiger partial charge < -0.3 is 19.8 Å². The van der Waals surface area contributed by atoms with Gasteiger partial charge in [-0.1, -0.05) is 41.6 Å². The molecule has 1 aromatic heterocycles. The number of hydrogen-bond donors (Lipinski definition) is 2. The number of benzene rings is 2. The second-order valence-corrected chi connectivity index (χ2v) is 9.33. The number of thioether (sulfide) groups is 1. The van der Waals surface area contributed by atoms with Gasteiger partial charge in [-0.2, -0.15) is 0 Å². The number of methoxy groups -OCH3 is 1. The number of carbonyl (C=O) groups is 1. The van der Waals surface area contributed by atoms with Gasteiger partial charge in [-0.05, 0) is 49.2 Å². The minimum absolute atomic E-state index is 0.0131. The maximum Gasteiger partial charge on any atom is 0.257 e. The maximum absolute atomic E-state index is 13.1. The predicted molar refractivity (Wildman–Crippen MR) is 130 cm³/mol. The smallest absolute Gasteiger partial charge is 0.257 e. The molecule has 1 aliphatic rings. The molecule has 0 spiro atoms. The molecule has 9 heteroatoms. The summed E-state index contributed by atoms with van der Waals surface area (Å²) in [7, 11) is 1.56. The van der Waals surface area contributed by atoms with Crippen LogP contribution >= 0.6 is 23.4 Å². The quantitative estimate of drug-likeness (QED) is 0.362. The number of hydrogen-bond acceptors (Lipinski definition) is 6. The van der Waals surface area contributed by atoms with Crippen molar-refractivity contribution in [1.82, 2.24) is 9.97 Å². The van der Waals surface area contributed by atoms with Crippen molar-refractivity contribution < 1.29 is 14.3 Å². The summed E-state index contributed by atoms with van der Waals surface area (Å²) in [6.45, 7) is 3.87. The molecule has 33 heavy (non-hydrogen) atoms. The van der Waals surface area contributed by atoms with E-state index < -0.39 is 5.92 Å². The summed E-state index contributed by atoms with van der Waals surface area (Å²) in [5.74, 6) is 1.38. The van der Waals surface area contributed by atoms with Crippen molar-refractivity contribution in [2.45, 2.75) is 43.2 Å². The fraction of sp³-hybridized carbons (Fsp3) is 0.292. The van der Waals surface area contributed by atoms with Crippen LogP contribution < -0.4 is 20.3 Å². The molecule has 2 heterocycles. The van der Waals surface area contributed by atoms with Crippen LogP contribution in [0.15, 0.2) is 52.4 Å². The number of halogens is 1. The van der Waals surface area contributed by atoms with Crippen LogP contribution in [0.2, 0.25) is 5.02 Å². The highest BCUT2D eigenvalue weighted by Crippen LogP contribution is 2.38. The predicted octanol–water partition coefficient (Wildman–Crippen LogP) is 4.99. The second-order valence-electron chi connectivity index (χ2n) is 7.93. The van der Waals surface area contributed by atoms with Crippen LogP contribution in [0, 0.1) is 0 Å². The first-order chi connectivity index (χ1) is 15.8. The van der Waals surface area contributed by atoms with Crippen LogP contribution in [0.25, 0.3) is 0 Å². The fourth-order valence-corrected chi connectivity index (χ4v) is 4.75. The van der Waals surface area contributed by atoms with Crippen LogP contribution in [-0.2, 0) is 10.5 Å². The zero-order valence-electron chi connectivity index (χ0n) is 18.5. The summed E-state index contributed by atoms with van der Waals surface area (Å²) in [4.78, 5) is 32.9. The molecule has 172 valence electrons. The van der Waals surface area contributed by atoms with Crippen molar-refractivity contribution in [3.05, 3.63) is 74.5 Å². The molecule has 0 bridgehead atoms. The largest absolute Gasteiger partial charge is 0.493 e. The van der Waals surface area contributed by atoms with E-state index in [1.54, 1.807) is 19.2 Å². The zero-order valence-corrected chi connectivity index (χ0v) is 20.0. The number of carbonyl (C=O) groups excluding carboxylic acids is 1. The first-order valence-corrected chi connectivity index (χ1v) is 11.9. The Balaban J connectivity index is 1.65. The highest BCUT2D eigenvalue weighted by molar-refractivity contribution is 7.98. The number of nitrogens with zero attached hydrogens (tertiary/aromatic N) is 1. The van der Waals surface area contributed by atoms with E-state index >= 15 is 0 Å². The molecule has 1 amide bonds. The molecule has 1 atom stereocenters. The second kappa shape index (κ2) is 9.89. The normalized spacial score (nSPS) is 15.2. The minimum atomic E-state index is -0.445. The Morgan fingerprint density at radius 2 is 2.00 bits per heavy atom. The number of H-pyrrole nitrogens is 1. The van der Waals surface area contributed by atoms with Crippen molar-refractivity contribution in [1.29, 1.82) is 0 Å². The van der Waals surface area contributed by atoms with Gasteiger partial charge in [0.15, 0.2) is 16.7 Å². The van der Waals surface area contributed by atoms with Gasteiger partial charge in [0.1, 0.15) is 5.82 Å². The first-order valence-electron chi connectivity index (χ1n) is 10.5. The van der Waals surface area contributed by atoms with E-state index in [4.69, 9.17) is 21.1 Å². The van der Waals surface area contributed by atoms with Gasteiger partial charge in [0.05, 0.1) is 18.8 Å². The van der Waals surface area contributed by atoms with Crippen LogP contribution in [0.3, 0.4) is 0 Å². The van der Waals surface area contributed by atoms with Gasteiger partial charge in [-0.25, -0.2) is 4.98 Å². The molecular weight excluding hydrogens is 462 g/mol. The van der Waals surface area contributed by atoms with Gasteiger partial charge in [0, 0.05) is 23.1 Å². The molecule has 2 aromatic carbocycles. The molecule has 1 aliphatic heterocycles. The molecule has 0 radical (unpaired) electrons. The zero-order chi connectivity index (χ0) is 23.5. The molecule has 0 unspecified atom stereocenters. The monoisotopic (exact) mass is 485 g/mol. The SMILES string of the molecule is COc1cc([C@H]2CC(=O)Nc3nc(SCc4cccc(Cl)c4)[nH]c(=O)c32)ccc1OC(C)C. The summed E-state index contributed by atoms with van der Waals surface area (Å²) in [6.07, 6.45) is 0.126. The summed E-state index contributed by atoms with van der Waals surface area (Å²) >= 11 is 7.41. The van der Waals surface area contributed by atoms with Gasteiger partial charge in [0.2, 0.25) is 5.91 Å². The Bertz CT molecular complexity index is 1240. The number of anilines is 1. The third-order valence-corrected chi connectivity index (χ3v) is 6.33. The summed E-state index contributed by atoms with van der Waals surface area (Å²) in [6, 6.07) is 13.0. The minimum Gasteiger partial charge on any atom is -0.493 e. The Labute approximate surface area is 200 Å². The van der Waals surface area contributed by atoms with Gasteiger partial charge >= 0.3 is 0 Å². The van der Waals surface area contributed by atoms with E-state index in [1.165, 1.54) is 11.8 Å². The lowest BCUT2D eigenvalue weighted by Gasteiger charge is -2.25. The van der Waals surface area contributed by atoms with E-state index in [0.29, 0.717) is 33.0 Å². The van der Waals surface area contributed by atoms with Gasteiger partial charge in [-0.3, -0.25) is 9.59 Å². The van der Waals surface area contributed by atoms with E-state index in [-0.39, 0.29) is 29.8 Å². The van der Waals surface area contributed by atoms with E-state index in [2.05, 4.69) is 15.3 Å². The maximum atomic E-state index is 13.1. The van der Waals surface area contributed by atoms with Gasteiger partial charge in [-0.15, -0.1) is 0 Å². The Kier molecular flexibility index (Phi) is 6.95. The third kappa shape index (κ3) is 5.34. The van der Waals surface area contributed by atoms with Crippen molar-refractivity contribution in [2.75, 3.05) is 12.4 Å². The Hall–Kier alpha value is -2.97. The molecule has 4 rings (SSSR count). The lowest BCUT2D eigenvalue weighted by Crippen LogP contribution is -2.31. The lowest BCUT2D eigenvalue weighted by atomic mass is 9.86. The molecule has 0 aliphatic carbocycles. The number of aromatic amines is 1. The summed E-state index contributed by atoms with van der Waals surface area (Å²) in [5, 5.41) is 3.83. The van der Waals surface area contributed by atoms with Crippen molar-refractivity contribution in [2.24, 2.45) is 0 Å². The Morgan fingerprint density at radius 1 is 1.18 bits per heavy atom. The molecule has 7 nitrogen and oxygen atoms in total. The van der Waals surface area contributed by atoms with Crippen LogP contribution in [-0.4, -0.2) is 29.1 Å². The van der Waals surface area contributed by atoms with Crippen LogP contribution in [0.4, 0.5) is 5.82 Å². The average molecular weight is 486 g/mol. The number of ether oxygens (including phenoxy) is 2. The van der Waals surface area contributed by atoms with Crippen LogP contribution in [0.5, 0.6) is 11.5 Å².